The van der Waals surface area contributed by atoms with E-state index in [1.54, 1.807) is 13.8 Å². The van der Waals surface area contributed by atoms with E-state index in [0.29, 0.717) is 16.4 Å². The molecule has 0 aromatic carbocycles. The van der Waals surface area contributed by atoms with Gasteiger partial charge in [-0.1, -0.05) is 225 Å². The number of nitrogens with zero attached hydrogens (tertiary/aromatic N) is 1. The van der Waals surface area contributed by atoms with E-state index in [-0.39, 0.29) is 65.1 Å². The van der Waals surface area contributed by atoms with Crippen molar-refractivity contribution in [1.82, 2.24) is 5.32 Å². The quantitative estimate of drug-likeness (QED) is 0.0147. The maximum Gasteiger partial charge on any atom is 0.472 e. The molecule has 0 aliphatic rings. The Bertz CT molecular complexity index is 1570. The molecule has 3 unspecified atom stereocenters. The van der Waals surface area contributed by atoms with Crippen molar-refractivity contribution in [2.45, 2.75) is 276 Å². The number of thiocarbonyl (C=S) groups is 1. The van der Waals surface area contributed by atoms with Crippen molar-refractivity contribution in [3.8, 4) is 0 Å². The predicted molar refractivity (Wildman–Crippen MR) is 313 cm³/mol. The van der Waals surface area contributed by atoms with Gasteiger partial charge in [0.1, 0.15) is 21.5 Å². The van der Waals surface area contributed by atoms with Crippen molar-refractivity contribution in [2.75, 3.05) is 52.4 Å². The Hall–Kier alpha value is -1.77. The summed E-state index contributed by atoms with van der Waals surface area (Å²) in [6.07, 6.45) is 35.7. The third-order valence-electron chi connectivity index (χ3n) is 13.2. The van der Waals surface area contributed by atoms with Gasteiger partial charge in [0.2, 0.25) is 11.4 Å². The second-order valence-electron chi connectivity index (χ2n) is 20.6. The molecule has 0 radical (unpaired) electrons. The van der Waals surface area contributed by atoms with E-state index in [0.717, 1.165) is 44.3 Å². The molecule has 14 nitrogen and oxygen atoms in total. The minimum absolute atomic E-state index is 0.0485. The molecule has 0 saturated heterocycles. The molecule has 4 atom stereocenters. The Balaban J connectivity index is 5.02. The lowest BCUT2D eigenvalue weighted by Crippen LogP contribution is -2.42. The zero-order valence-electron chi connectivity index (χ0n) is 47.8. The van der Waals surface area contributed by atoms with Gasteiger partial charge in [-0.25, -0.2) is 11.1 Å². The van der Waals surface area contributed by atoms with E-state index < -0.39 is 54.6 Å². The Morgan fingerprint density at radius 1 is 0.627 bits per heavy atom. The van der Waals surface area contributed by atoms with Crippen LogP contribution in [0.3, 0.4) is 0 Å². The molecule has 0 aromatic heterocycles. The summed E-state index contributed by atoms with van der Waals surface area (Å²) < 4.78 is 44.2. The number of esters is 3. The number of phosphoric ester groups is 1. The molecule has 0 rings (SSSR count). The average Bonchev–Trinajstić information content (AvgIpc) is 3.37. The second kappa shape index (κ2) is 49.3. The fourth-order valence-electron chi connectivity index (χ4n) is 8.70. The summed E-state index contributed by atoms with van der Waals surface area (Å²) in [5.41, 5.74) is -1.12. The first kappa shape index (κ1) is 73.2. The Kier molecular flexibility index (Phi) is 48.1. The number of hydrogen-bond donors (Lipinski definition) is 2. The first-order chi connectivity index (χ1) is 36.1. The zero-order valence-corrected chi connectivity index (χ0v) is 51.2. The lowest BCUT2D eigenvalue weighted by Gasteiger charge is -2.31. The number of carbonyl (C=O) groups is 4. The van der Waals surface area contributed by atoms with Gasteiger partial charge in [-0.05, 0) is 25.5 Å². The first-order valence-corrected chi connectivity index (χ1v) is 32.9. The first-order valence-electron chi connectivity index (χ1n) is 29.2. The fourth-order valence-corrected chi connectivity index (χ4v) is 12.6. The maximum atomic E-state index is 13.2. The highest BCUT2D eigenvalue weighted by Gasteiger charge is 2.47. The summed E-state index contributed by atoms with van der Waals surface area (Å²) in [7, 11) is -3.19. The van der Waals surface area contributed by atoms with Crippen LogP contribution in [0.1, 0.15) is 259 Å². The molecule has 0 aliphatic heterocycles. The topological polar surface area (TPSA) is 177 Å². The molecular formula is C57H105N2O12PS3. The minimum Gasteiger partial charge on any atom is -0.462 e. The fraction of sp³-hybridized carbons (Fsp3) is 0.895. The number of hydrogen-bond acceptors (Lipinski definition) is 14. The molecule has 0 fully saturated rings. The molecule has 0 bridgehead atoms. The number of ether oxygens (including phenoxy) is 4. The summed E-state index contributed by atoms with van der Waals surface area (Å²) >= 11 is 8.08. The highest BCUT2D eigenvalue weighted by molar-refractivity contribution is 8.47. The van der Waals surface area contributed by atoms with Gasteiger partial charge in [-0.3, -0.25) is 28.2 Å². The SMILES string of the molecule is [C-]#[N+]C(C)(CCC(=O)NCCOP(=O)(O)OC[C@@H](COC(=O)CCCCCCCCCCCCCCCCC)OC(=O)CCCCCCCCCCCCCCCCC)CC(C)(SC(=S)SCC)C(=O)OCCOC. The van der Waals surface area contributed by atoms with Crippen molar-refractivity contribution >= 4 is 70.9 Å². The van der Waals surface area contributed by atoms with Crippen LogP contribution in [-0.4, -0.2) is 101 Å². The molecule has 438 valence electrons. The number of phosphoric acid groups is 1. The maximum absolute atomic E-state index is 13.2. The molecule has 1 amide bonds. The number of rotatable bonds is 53. The van der Waals surface area contributed by atoms with Gasteiger partial charge in [0, 0.05) is 46.3 Å². The number of carbonyl (C=O) groups excluding carboxylic acids is 4. The third kappa shape index (κ3) is 44.7. The lowest BCUT2D eigenvalue weighted by molar-refractivity contribution is -0.161. The van der Waals surface area contributed by atoms with Gasteiger partial charge >= 0.3 is 25.7 Å². The van der Waals surface area contributed by atoms with Gasteiger partial charge in [-0.2, -0.15) is 0 Å². The monoisotopic (exact) mass is 1140 g/mol. The van der Waals surface area contributed by atoms with Crippen molar-refractivity contribution in [3.05, 3.63) is 11.4 Å². The minimum atomic E-state index is -4.69. The molecule has 2 N–H and O–H groups in total. The van der Waals surface area contributed by atoms with Gasteiger partial charge in [-0.15, -0.1) is 11.8 Å². The summed E-state index contributed by atoms with van der Waals surface area (Å²) in [4.78, 5) is 66.1. The van der Waals surface area contributed by atoms with Crippen LogP contribution >= 0.6 is 43.6 Å². The Morgan fingerprint density at radius 3 is 1.52 bits per heavy atom. The summed E-state index contributed by atoms with van der Waals surface area (Å²) in [5, 5.41) is 2.63. The summed E-state index contributed by atoms with van der Waals surface area (Å²) in [6.45, 7) is 16.6. The van der Waals surface area contributed by atoms with Gasteiger partial charge < -0.3 is 34.0 Å². The average molecular weight is 1140 g/mol. The summed E-state index contributed by atoms with van der Waals surface area (Å²) in [6, 6.07) is 0. The van der Waals surface area contributed by atoms with Crippen LogP contribution in [-0.2, 0) is 51.7 Å². The Morgan fingerprint density at radius 2 is 1.08 bits per heavy atom. The van der Waals surface area contributed by atoms with E-state index in [1.165, 1.54) is 172 Å². The van der Waals surface area contributed by atoms with Gasteiger partial charge in [0.05, 0.1) is 26.2 Å². The highest BCUT2D eigenvalue weighted by Crippen LogP contribution is 2.43. The lowest BCUT2D eigenvalue weighted by atomic mass is 9.86. The smallest absolute Gasteiger partial charge is 0.462 e. The molecular weight excluding hydrogens is 1030 g/mol. The molecule has 0 aromatic rings. The molecule has 0 saturated carbocycles. The van der Waals surface area contributed by atoms with E-state index >= 15 is 0 Å². The van der Waals surface area contributed by atoms with Crippen molar-refractivity contribution in [3.63, 3.8) is 0 Å². The van der Waals surface area contributed by atoms with Crippen molar-refractivity contribution in [2.24, 2.45) is 0 Å². The molecule has 0 spiro atoms. The zero-order chi connectivity index (χ0) is 55.7. The standard InChI is InChI=1S/C57H105N2O12PS3/c1-8-11-13-15-17-19-21-23-25-27-29-31-33-35-37-39-52(61)68-47-50(71-53(62)40-38-36-34-32-30-28-26-24-22-20-18-16-14-12-9-2)48-70-72(64,65)69-44-43-59-51(60)41-42-56(4,58-6)49-57(5,75-55(73)74-10-3)54(63)67-46-45-66-7/h50H,8-49H2,1-5,7H3,(H,59,60)(H,64,65)/t50-,56?,57?/m1/s1. The van der Waals surface area contributed by atoms with Gasteiger partial charge in [0.15, 0.2) is 6.10 Å². The van der Waals surface area contributed by atoms with E-state index in [9.17, 15) is 28.6 Å². The van der Waals surface area contributed by atoms with Crippen LogP contribution in [0.2, 0.25) is 0 Å². The number of nitrogens with one attached hydrogen (secondary N) is 1. The Labute approximate surface area is 470 Å². The summed E-state index contributed by atoms with van der Waals surface area (Å²) in [5.74, 6) is -1.18. The number of methoxy groups -OCH3 is 1. The van der Waals surface area contributed by atoms with E-state index in [1.807, 2.05) is 6.92 Å². The normalized spacial score (nSPS) is 14.2. The predicted octanol–water partition coefficient (Wildman–Crippen LogP) is 15.8. The second-order valence-corrected chi connectivity index (χ2v) is 26.0. The number of amides is 1. The van der Waals surface area contributed by atoms with Crippen LogP contribution in [0.5, 0.6) is 0 Å². The van der Waals surface area contributed by atoms with Crippen LogP contribution in [0.15, 0.2) is 0 Å². The molecule has 0 aliphatic carbocycles. The van der Waals surface area contributed by atoms with E-state index in [2.05, 4.69) is 24.0 Å². The van der Waals surface area contributed by atoms with Crippen molar-refractivity contribution in [1.29, 1.82) is 0 Å². The van der Waals surface area contributed by atoms with Crippen LogP contribution in [0.4, 0.5) is 0 Å². The van der Waals surface area contributed by atoms with Gasteiger partial charge in [0.25, 0.3) is 0 Å². The molecule has 0 heterocycles. The molecule has 75 heavy (non-hydrogen) atoms. The number of unbranched alkanes of at least 4 members (excludes halogenated alkanes) is 28. The van der Waals surface area contributed by atoms with E-state index in [4.69, 9.17) is 46.8 Å². The van der Waals surface area contributed by atoms with Crippen LogP contribution in [0.25, 0.3) is 4.85 Å². The van der Waals surface area contributed by atoms with Crippen LogP contribution in [0, 0.1) is 6.57 Å². The highest BCUT2D eigenvalue weighted by atomic mass is 32.2. The van der Waals surface area contributed by atoms with Crippen molar-refractivity contribution < 1.29 is 56.6 Å². The molecule has 18 heteroatoms. The largest absolute Gasteiger partial charge is 0.472 e. The number of thioether (sulfide) groups is 2. The third-order valence-corrected chi connectivity index (χ3v) is 16.8. The van der Waals surface area contributed by atoms with Crippen LogP contribution < -0.4 is 5.32 Å².